The fraction of sp³-hybridized carbons (Fsp3) is 0.625. The number of piperazine rings is 1. The Kier molecular flexibility index (Phi) is 10.6. The van der Waals surface area contributed by atoms with Crippen molar-refractivity contribution in [1.29, 1.82) is 0 Å². The van der Waals surface area contributed by atoms with Crippen molar-refractivity contribution in [3.05, 3.63) is 34.6 Å². The third kappa shape index (κ3) is 6.21. The van der Waals surface area contributed by atoms with Gasteiger partial charge < -0.3 is 5.32 Å². The van der Waals surface area contributed by atoms with Gasteiger partial charge in [0.05, 0.1) is 0 Å². The normalized spacial score (nSPS) is 16.8. The zero-order valence-corrected chi connectivity index (χ0v) is 15.5. The number of nitrogens with zero attached hydrogens (tertiary/aromatic N) is 1. The van der Waals surface area contributed by atoms with Gasteiger partial charge in [-0.2, -0.15) is 0 Å². The van der Waals surface area contributed by atoms with Crippen LogP contribution in [0, 0.1) is 11.7 Å². The molecule has 0 saturated carbocycles. The lowest BCUT2D eigenvalue weighted by molar-refractivity contribution is 0.159. The summed E-state index contributed by atoms with van der Waals surface area (Å²) in [6.45, 7) is 8.42. The molecule has 6 heteroatoms. The highest BCUT2D eigenvalue weighted by Crippen LogP contribution is 2.33. The Morgan fingerprint density at radius 3 is 2.41 bits per heavy atom. The van der Waals surface area contributed by atoms with Crippen LogP contribution >= 0.6 is 36.4 Å². The largest absolute Gasteiger partial charge is 0.314 e. The Morgan fingerprint density at radius 1 is 1.18 bits per heavy atom. The molecule has 1 fully saturated rings. The first-order chi connectivity index (χ1) is 9.58. The van der Waals surface area contributed by atoms with Gasteiger partial charge in [0.2, 0.25) is 0 Å². The fourth-order valence-electron chi connectivity index (χ4n) is 2.79. The lowest BCUT2D eigenvalue weighted by Gasteiger charge is -2.36. The van der Waals surface area contributed by atoms with E-state index in [4.69, 9.17) is 11.6 Å². The maximum atomic E-state index is 13.6. The molecule has 22 heavy (non-hydrogen) atoms. The SMILES string of the molecule is CC(C)CC[C@@H](c1cc(F)ccc1Cl)N1CCNCC1.Cl.Cl. The van der Waals surface area contributed by atoms with Crippen LogP contribution in [0.3, 0.4) is 0 Å². The summed E-state index contributed by atoms with van der Waals surface area (Å²) >= 11 is 6.32. The van der Waals surface area contributed by atoms with Gasteiger partial charge in [0.15, 0.2) is 0 Å². The molecule has 1 atom stereocenters. The molecule has 1 heterocycles. The lowest BCUT2D eigenvalue weighted by atomic mass is 9.95. The summed E-state index contributed by atoms with van der Waals surface area (Å²) in [6, 6.07) is 4.94. The van der Waals surface area contributed by atoms with Crippen molar-refractivity contribution >= 4 is 36.4 Å². The highest BCUT2D eigenvalue weighted by molar-refractivity contribution is 6.31. The standard InChI is InChI=1S/C16H24ClFN2.2ClH/c1-12(2)3-6-16(20-9-7-19-8-10-20)14-11-13(18)4-5-15(14)17;;/h4-5,11-12,16,19H,3,6-10H2,1-2H3;2*1H/t16-;;/m0../s1. The molecular formula is C16H26Cl3FN2. The zero-order valence-electron chi connectivity index (χ0n) is 13.1. The van der Waals surface area contributed by atoms with Crippen molar-refractivity contribution in [3.63, 3.8) is 0 Å². The summed E-state index contributed by atoms with van der Waals surface area (Å²) in [7, 11) is 0. The van der Waals surface area contributed by atoms with E-state index in [-0.39, 0.29) is 36.7 Å². The van der Waals surface area contributed by atoms with Crippen LogP contribution in [0.15, 0.2) is 18.2 Å². The molecule has 0 unspecified atom stereocenters. The zero-order chi connectivity index (χ0) is 14.5. The monoisotopic (exact) mass is 370 g/mol. The van der Waals surface area contributed by atoms with Crippen molar-refractivity contribution in [3.8, 4) is 0 Å². The first-order valence-electron chi connectivity index (χ1n) is 7.47. The molecule has 0 radical (unpaired) electrons. The van der Waals surface area contributed by atoms with E-state index in [9.17, 15) is 4.39 Å². The number of halogens is 4. The van der Waals surface area contributed by atoms with Crippen LogP contribution in [0.1, 0.15) is 38.3 Å². The van der Waals surface area contributed by atoms with E-state index in [0.29, 0.717) is 10.9 Å². The summed E-state index contributed by atoms with van der Waals surface area (Å²) in [5.74, 6) is 0.446. The van der Waals surface area contributed by atoms with E-state index in [1.54, 1.807) is 12.1 Å². The Labute approximate surface area is 150 Å². The summed E-state index contributed by atoms with van der Waals surface area (Å²) in [4.78, 5) is 2.43. The van der Waals surface area contributed by atoms with Crippen LogP contribution in [-0.4, -0.2) is 31.1 Å². The maximum Gasteiger partial charge on any atom is 0.123 e. The molecule has 1 N–H and O–H groups in total. The van der Waals surface area contributed by atoms with E-state index in [1.165, 1.54) is 6.07 Å². The molecule has 0 spiro atoms. The predicted molar refractivity (Wildman–Crippen MR) is 97.2 cm³/mol. The minimum Gasteiger partial charge on any atom is -0.314 e. The Bertz CT molecular complexity index is 437. The molecular weight excluding hydrogens is 346 g/mol. The summed E-state index contributed by atoms with van der Waals surface area (Å²) in [5.41, 5.74) is 0.939. The molecule has 0 amide bonds. The van der Waals surface area contributed by atoms with Crippen molar-refractivity contribution in [2.24, 2.45) is 5.92 Å². The molecule has 1 aromatic carbocycles. The molecule has 2 rings (SSSR count). The van der Waals surface area contributed by atoms with Crippen LogP contribution in [0.5, 0.6) is 0 Å². The molecule has 2 nitrogen and oxygen atoms in total. The molecule has 0 bridgehead atoms. The average molecular weight is 372 g/mol. The van der Waals surface area contributed by atoms with Gasteiger partial charge in [0, 0.05) is 37.2 Å². The van der Waals surface area contributed by atoms with Gasteiger partial charge in [-0.15, -0.1) is 24.8 Å². The highest BCUT2D eigenvalue weighted by Gasteiger charge is 2.24. The van der Waals surface area contributed by atoms with Crippen LogP contribution in [0.25, 0.3) is 0 Å². The molecule has 1 aromatic rings. The van der Waals surface area contributed by atoms with E-state index in [0.717, 1.165) is 44.6 Å². The van der Waals surface area contributed by atoms with Crippen LogP contribution < -0.4 is 5.32 Å². The molecule has 1 aliphatic rings. The van der Waals surface area contributed by atoms with Crippen LogP contribution in [-0.2, 0) is 0 Å². The van der Waals surface area contributed by atoms with Crippen molar-refractivity contribution in [1.82, 2.24) is 10.2 Å². The van der Waals surface area contributed by atoms with Crippen molar-refractivity contribution in [2.75, 3.05) is 26.2 Å². The van der Waals surface area contributed by atoms with Gasteiger partial charge in [-0.1, -0.05) is 25.4 Å². The molecule has 0 aromatic heterocycles. The van der Waals surface area contributed by atoms with Gasteiger partial charge in [-0.3, -0.25) is 4.90 Å². The number of rotatable bonds is 5. The second kappa shape index (κ2) is 10.7. The first-order valence-corrected chi connectivity index (χ1v) is 7.85. The lowest BCUT2D eigenvalue weighted by Crippen LogP contribution is -2.45. The highest BCUT2D eigenvalue weighted by atomic mass is 35.5. The van der Waals surface area contributed by atoms with Crippen molar-refractivity contribution < 1.29 is 4.39 Å². The Balaban J connectivity index is 0.00000220. The van der Waals surface area contributed by atoms with E-state index >= 15 is 0 Å². The summed E-state index contributed by atoms with van der Waals surface area (Å²) in [6.07, 6.45) is 2.16. The van der Waals surface area contributed by atoms with Crippen LogP contribution in [0.2, 0.25) is 5.02 Å². The van der Waals surface area contributed by atoms with E-state index in [2.05, 4.69) is 24.1 Å². The molecule has 1 aliphatic heterocycles. The van der Waals surface area contributed by atoms with Gasteiger partial charge in [0.1, 0.15) is 5.82 Å². The second-order valence-electron chi connectivity index (χ2n) is 5.94. The molecule has 0 aliphatic carbocycles. The molecule has 1 saturated heterocycles. The number of nitrogens with one attached hydrogen (secondary N) is 1. The van der Waals surface area contributed by atoms with Gasteiger partial charge in [-0.05, 0) is 42.5 Å². The minimum absolute atomic E-state index is 0. The quantitative estimate of drug-likeness (QED) is 0.806. The van der Waals surface area contributed by atoms with Gasteiger partial charge in [-0.25, -0.2) is 4.39 Å². The smallest absolute Gasteiger partial charge is 0.123 e. The predicted octanol–water partition coefficient (Wildman–Crippen LogP) is 4.71. The Morgan fingerprint density at radius 2 is 1.82 bits per heavy atom. The second-order valence-corrected chi connectivity index (χ2v) is 6.35. The van der Waals surface area contributed by atoms with Gasteiger partial charge >= 0.3 is 0 Å². The third-order valence-electron chi connectivity index (χ3n) is 3.93. The number of hydrogen-bond donors (Lipinski definition) is 1. The van der Waals surface area contributed by atoms with E-state index in [1.807, 2.05) is 0 Å². The van der Waals surface area contributed by atoms with Gasteiger partial charge in [0.25, 0.3) is 0 Å². The van der Waals surface area contributed by atoms with Crippen molar-refractivity contribution in [2.45, 2.75) is 32.7 Å². The topological polar surface area (TPSA) is 15.3 Å². The first kappa shape index (κ1) is 21.9. The summed E-state index contributed by atoms with van der Waals surface area (Å²) < 4.78 is 13.6. The minimum atomic E-state index is -0.200. The third-order valence-corrected chi connectivity index (χ3v) is 4.27. The van der Waals surface area contributed by atoms with E-state index < -0.39 is 0 Å². The Hall–Kier alpha value is -0.0600. The maximum absolute atomic E-state index is 13.6. The molecule has 128 valence electrons. The fourth-order valence-corrected chi connectivity index (χ4v) is 3.03. The summed E-state index contributed by atoms with van der Waals surface area (Å²) in [5, 5.41) is 4.04. The number of hydrogen-bond acceptors (Lipinski definition) is 2. The average Bonchev–Trinajstić information content (AvgIpc) is 2.43. The number of benzene rings is 1. The van der Waals surface area contributed by atoms with Crippen LogP contribution in [0.4, 0.5) is 4.39 Å².